The number of benzene rings is 2. The summed E-state index contributed by atoms with van der Waals surface area (Å²) in [5.41, 5.74) is 3.24. The van der Waals surface area contributed by atoms with E-state index in [4.69, 9.17) is 4.52 Å². The first kappa shape index (κ1) is 26.0. The number of aliphatic hydroxyl groups excluding tert-OH is 1. The normalized spacial score (nSPS) is 21.6. The fourth-order valence-electron chi connectivity index (χ4n) is 6.40. The lowest BCUT2D eigenvalue weighted by molar-refractivity contribution is -0.132. The van der Waals surface area contributed by atoms with Gasteiger partial charge in [-0.2, -0.15) is 0 Å². The molecule has 1 saturated carbocycles. The quantitative estimate of drug-likeness (QED) is 0.250. The van der Waals surface area contributed by atoms with E-state index in [0.717, 1.165) is 70.0 Å². The van der Waals surface area contributed by atoms with Crippen LogP contribution in [0.15, 0.2) is 71.0 Å². The van der Waals surface area contributed by atoms with E-state index < -0.39 is 17.7 Å². The number of carbonyl (C=O) groups excluding carboxylic acids is 3. The molecule has 2 saturated heterocycles. The summed E-state index contributed by atoms with van der Waals surface area (Å²) in [6.45, 7) is 1.51. The number of carbonyl (C=O) groups is 3. The van der Waals surface area contributed by atoms with Crippen LogP contribution in [0.1, 0.15) is 67.3 Å². The number of ketones is 1. The highest BCUT2D eigenvalue weighted by Gasteiger charge is 2.49. The Kier molecular flexibility index (Phi) is 7.24. The van der Waals surface area contributed by atoms with Gasteiger partial charge in [0.2, 0.25) is 0 Å². The van der Waals surface area contributed by atoms with Crippen LogP contribution in [-0.4, -0.2) is 51.9 Å². The zero-order chi connectivity index (χ0) is 27.6. The summed E-state index contributed by atoms with van der Waals surface area (Å²) >= 11 is 0. The Bertz CT molecular complexity index is 1410. The fraction of sp³-hybridized carbons (Fsp3) is 0.375. The molecule has 1 N–H and O–H groups in total. The van der Waals surface area contributed by atoms with Gasteiger partial charge in [0.1, 0.15) is 17.7 Å². The average molecular weight is 540 g/mol. The summed E-state index contributed by atoms with van der Waals surface area (Å²) in [6.07, 6.45) is 9.56. The molecule has 2 amide bonds. The first-order valence-electron chi connectivity index (χ1n) is 14.2. The molecule has 3 aromatic rings. The number of likely N-dealkylation sites (tertiary alicyclic amines) is 1. The van der Waals surface area contributed by atoms with Crippen LogP contribution in [0.2, 0.25) is 0 Å². The smallest absolute Gasteiger partial charge is 0.299 e. The van der Waals surface area contributed by atoms with Gasteiger partial charge in [0.15, 0.2) is 0 Å². The summed E-state index contributed by atoms with van der Waals surface area (Å²) in [4.78, 5) is 43.3. The van der Waals surface area contributed by atoms with Gasteiger partial charge in [0, 0.05) is 41.5 Å². The Labute approximate surface area is 233 Å². The van der Waals surface area contributed by atoms with Crippen LogP contribution in [0, 0.1) is 5.92 Å². The van der Waals surface area contributed by atoms with Gasteiger partial charge in [-0.3, -0.25) is 19.3 Å². The van der Waals surface area contributed by atoms with Gasteiger partial charge in [0.05, 0.1) is 11.6 Å². The number of piperidine rings is 1. The first-order valence-corrected chi connectivity index (χ1v) is 14.2. The van der Waals surface area contributed by atoms with Crippen LogP contribution in [0.5, 0.6) is 0 Å². The zero-order valence-electron chi connectivity index (χ0n) is 22.4. The molecule has 8 nitrogen and oxygen atoms in total. The summed E-state index contributed by atoms with van der Waals surface area (Å²) in [5.74, 6) is -1.47. The highest BCUT2D eigenvalue weighted by Crippen LogP contribution is 2.41. The third-order valence-electron chi connectivity index (χ3n) is 8.51. The lowest BCUT2D eigenvalue weighted by Crippen LogP contribution is -2.40. The van der Waals surface area contributed by atoms with E-state index in [1.54, 1.807) is 35.2 Å². The summed E-state index contributed by atoms with van der Waals surface area (Å²) in [5, 5.41) is 15.5. The molecule has 8 heteroatoms. The molecule has 206 valence electrons. The maximum atomic E-state index is 13.5. The maximum Gasteiger partial charge on any atom is 0.299 e. The third kappa shape index (κ3) is 4.83. The molecule has 6 rings (SSSR count). The predicted octanol–water partition coefficient (Wildman–Crippen LogP) is 5.80. The second-order valence-electron chi connectivity index (χ2n) is 11.0. The Hall–Kier alpha value is -4.20. The molecule has 3 aliphatic rings. The molecule has 0 bridgehead atoms. The second-order valence-corrected chi connectivity index (χ2v) is 11.0. The Balaban J connectivity index is 1.34. The minimum absolute atomic E-state index is 0.0224. The van der Waals surface area contributed by atoms with Crippen molar-refractivity contribution in [3.05, 3.63) is 77.6 Å². The van der Waals surface area contributed by atoms with Crippen molar-refractivity contribution in [1.82, 2.24) is 10.1 Å². The number of hydrogen-bond acceptors (Lipinski definition) is 6. The summed E-state index contributed by atoms with van der Waals surface area (Å²) in [7, 11) is 0. The number of rotatable bonds is 5. The molecule has 2 aliphatic heterocycles. The first-order chi connectivity index (χ1) is 19.5. The number of aliphatic hydroxyl groups is 1. The second kappa shape index (κ2) is 11.1. The van der Waals surface area contributed by atoms with Gasteiger partial charge in [0.25, 0.3) is 17.6 Å². The number of nitrogens with zero attached hydrogens (tertiary/aromatic N) is 3. The SMILES string of the molecule is O=C1C(=O)N(c2ccc(-c3ccon3)cc2)C(C2CCCCC2)C1=C(O)c1ccc(C(=O)N2CCCCC2)cc1. The summed E-state index contributed by atoms with van der Waals surface area (Å²) in [6, 6.07) is 15.3. The van der Waals surface area contributed by atoms with E-state index in [-0.39, 0.29) is 23.2 Å². The van der Waals surface area contributed by atoms with E-state index in [9.17, 15) is 19.5 Å². The highest BCUT2D eigenvalue weighted by atomic mass is 16.5. The average Bonchev–Trinajstić information content (AvgIpc) is 3.64. The van der Waals surface area contributed by atoms with Crippen LogP contribution in [0.4, 0.5) is 5.69 Å². The summed E-state index contributed by atoms with van der Waals surface area (Å²) < 4.78 is 4.95. The molecular weight excluding hydrogens is 506 g/mol. The van der Waals surface area contributed by atoms with Crippen molar-refractivity contribution in [3.63, 3.8) is 0 Å². The molecule has 1 aliphatic carbocycles. The predicted molar refractivity (Wildman–Crippen MR) is 151 cm³/mol. The number of Topliss-reactive ketones (excluding diaryl/α,β-unsaturated/α-hetero) is 1. The topological polar surface area (TPSA) is 104 Å². The molecule has 1 aromatic heterocycles. The molecule has 0 spiro atoms. The van der Waals surface area contributed by atoms with E-state index in [1.165, 1.54) is 6.26 Å². The Morgan fingerprint density at radius 2 is 1.48 bits per heavy atom. The van der Waals surface area contributed by atoms with Crippen molar-refractivity contribution in [2.75, 3.05) is 18.0 Å². The number of anilines is 1. The molecular formula is C32H33N3O5. The monoisotopic (exact) mass is 539 g/mol. The number of hydrogen-bond donors (Lipinski definition) is 1. The lowest BCUT2D eigenvalue weighted by atomic mass is 9.80. The number of aromatic nitrogens is 1. The van der Waals surface area contributed by atoms with Crippen molar-refractivity contribution < 1.29 is 24.0 Å². The minimum Gasteiger partial charge on any atom is -0.507 e. The largest absolute Gasteiger partial charge is 0.507 e. The molecule has 1 unspecified atom stereocenters. The Morgan fingerprint density at radius 1 is 0.825 bits per heavy atom. The van der Waals surface area contributed by atoms with E-state index in [2.05, 4.69) is 5.16 Å². The third-order valence-corrected chi connectivity index (χ3v) is 8.51. The van der Waals surface area contributed by atoms with Crippen LogP contribution < -0.4 is 4.90 Å². The van der Waals surface area contributed by atoms with Gasteiger partial charge < -0.3 is 14.5 Å². The molecule has 0 radical (unpaired) electrons. The maximum absolute atomic E-state index is 13.5. The zero-order valence-corrected chi connectivity index (χ0v) is 22.4. The van der Waals surface area contributed by atoms with Crippen molar-refractivity contribution >= 4 is 29.0 Å². The number of amides is 2. The van der Waals surface area contributed by atoms with Crippen molar-refractivity contribution in [1.29, 1.82) is 0 Å². The molecule has 40 heavy (non-hydrogen) atoms. The van der Waals surface area contributed by atoms with Crippen LogP contribution in [-0.2, 0) is 9.59 Å². The van der Waals surface area contributed by atoms with Crippen molar-refractivity contribution in [2.24, 2.45) is 5.92 Å². The van der Waals surface area contributed by atoms with Crippen LogP contribution in [0.25, 0.3) is 17.0 Å². The molecule has 3 heterocycles. The van der Waals surface area contributed by atoms with Gasteiger partial charge in [-0.25, -0.2) is 0 Å². The molecule has 2 aromatic carbocycles. The lowest BCUT2D eigenvalue weighted by Gasteiger charge is -2.34. The fourth-order valence-corrected chi connectivity index (χ4v) is 6.40. The van der Waals surface area contributed by atoms with Gasteiger partial charge in [-0.05, 0) is 62.3 Å². The van der Waals surface area contributed by atoms with E-state index in [0.29, 0.717) is 22.5 Å². The minimum atomic E-state index is -0.679. The van der Waals surface area contributed by atoms with Crippen LogP contribution >= 0.6 is 0 Å². The molecule has 3 fully saturated rings. The van der Waals surface area contributed by atoms with Gasteiger partial charge in [-0.1, -0.05) is 48.7 Å². The Morgan fingerprint density at radius 3 is 2.12 bits per heavy atom. The van der Waals surface area contributed by atoms with E-state index >= 15 is 0 Å². The van der Waals surface area contributed by atoms with Crippen molar-refractivity contribution in [3.8, 4) is 11.3 Å². The van der Waals surface area contributed by atoms with Gasteiger partial charge >= 0.3 is 0 Å². The molecule has 1 atom stereocenters. The highest BCUT2D eigenvalue weighted by molar-refractivity contribution is 6.51. The van der Waals surface area contributed by atoms with E-state index in [1.807, 2.05) is 29.2 Å². The van der Waals surface area contributed by atoms with Crippen LogP contribution in [0.3, 0.4) is 0 Å². The standard InChI is InChI=1S/C32H33N3O5/c36-29(23-9-11-24(12-10-23)31(38)34-18-5-2-6-19-34)27-28(22-7-3-1-4-8-22)35(32(39)30(27)37)25-15-13-21(14-16-25)26-17-20-40-33-26/h9-17,20,22,28,36H,1-8,18-19H2. The van der Waals surface area contributed by atoms with Gasteiger partial charge in [-0.15, -0.1) is 0 Å². The van der Waals surface area contributed by atoms with Crippen molar-refractivity contribution in [2.45, 2.75) is 57.4 Å².